The molecule has 1 aromatic carbocycles. The number of hydrogen-bond acceptors (Lipinski definition) is 7. The molecule has 0 aliphatic rings. The minimum atomic E-state index is -1.28. The molecule has 0 bridgehead atoms. The van der Waals surface area contributed by atoms with Gasteiger partial charge in [0.2, 0.25) is 23.4 Å². The average molecular weight is 365 g/mol. The van der Waals surface area contributed by atoms with Gasteiger partial charge in [-0.05, 0) is 11.6 Å². The molecule has 27 heavy (non-hydrogen) atoms. The topological polar surface area (TPSA) is 112 Å². The summed E-state index contributed by atoms with van der Waals surface area (Å²) in [6.45, 7) is 0. The Kier molecular flexibility index (Phi) is 5.07. The fourth-order valence-electron chi connectivity index (χ4n) is 2.53. The van der Waals surface area contributed by atoms with Crippen molar-refractivity contribution in [2.75, 3.05) is 14.2 Å². The first-order valence-electron chi connectivity index (χ1n) is 7.84. The van der Waals surface area contributed by atoms with Gasteiger partial charge in [0.25, 0.3) is 0 Å². The minimum absolute atomic E-state index is 0.112. The fraction of sp³-hybridized carbons (Fsp3) is 0.105. The Balaban J connectivity index is 2.17. The van der Waals surface area contributed by atoms with Gasteiger partial charge in [-0.2, -0.15) is 9.97 Å². The standard InChI is InChI=1S/C19H15N3O5/c1-26-13-10-14(27-2)22-18(21-13)17(23)16-15(19(24)25)12(8-9-20-16)11-6-4-3-5-7-11/h3-10H,1-2H3,(H,24,25). The Morgan fingerprint density at radius 2 is 1.59 bits per heavy atom. The first-order chi connectivity index (χ1) is 13.0. The van der Waals surface area contributed by atoms with Crippen molar-refractivity contribution < 1.29 is 24.2 Å². The summed E-state index contributed by atoms with van der Waals surface area (Å²) in [5, 5.41) is 9.72. The van der Waals surface area contributed by atoms with Crippen molar-refractivity contribution in [1.82, 2.24) is 15.0 Å². The number of ether oxygens (including phenoxy) is 2. The number of rotatable bonds is 6. The second kappa shape index (κ2) is 7.61. The van der Waals surface area contributed by atoms with E-state index >= 15 is 0 Å². The highest BCUT2D eigenvalue weighted by molar-refractivity contribution is 6.13. The molecule has 0 fully saturated rings. The molecule has 0 unspecified atom stereocenters. The van der Waals surface area contributed by atoms with E-state index in [9.17, 15) is 14.7 Å². The van der Waals surface area contributed by atoms with Gasteiger partial charge in [0, 0.05) is 11.8 Å². The fourth-order valence-corrected chi connectivity index (χ4v) is 2.53. The third-order valence-corrected chi connectivity index (χ3v) is 3.77. The Bertz CT molecular complexity index is 983. The van der Waals surface area contributed by atoms with Crippen molar-refractivity contribution in [3.8, 4) is 22.9 Å². The second-order valence-electron chi connectivity index (χ2n) is 5.36. The number of hydrogen-bond donors (Lipinski definition) is 1. The third kappa shape index (κ3) is 3.59. The van der Waals surface area contributed by atoms with Crippen LogP contribution in [0.15, 0.2) is 48.7 Å². The molecule has 0 spiro atoms. The molecule has 0 aliphatic heterocycles. The molecule has 3 aromatic rings. The van der Waals surface area contributed by atoms with E-state index in [1.807, 2.05) is 6.07 Å². The molecular formula is C19H15N3O5. The largest absolute Gasteiger partial charge is 0.481 e. The molecule has 0 saturated carbocycles. The van der Waals surface area contributed by atoms with Crippen LogP contribution in [0.4, 0.5) is 0 Å². The summed E-state index contributed by atoms with van der Waals surface area (Å²) in [6.07, 6.45) is 1.37. The zero-order chi connectivity index (χ0) is 19.4. The minimum Gasteiger partial charge on any atom is -0.481 e. The molecule has 2 aromatic heterocycles. The molecule has 0 aliphatic carbocycles. The van der Waals surface area contributed by atoms with Crippen LogP contribution in [-0.4, -0.2) is 46.0 Å². The van der Waals surface area contributed by atoms with E-state index in [2.05, 4.69) is 15.0 Å². The van der Waals surface area contributed by atoms with E-state index in [4.69, 9.17) is 9.47 Å². The number of pyridine rings is 1. The zero-order valence-electron chi connectivity index (χ0n) is 14.5. The van der Waals surface area contributed by atoms with E-state index in [1.54, 1.807) is 30.3 Å². The Hall–Kier alpha value is -3.81. The monoisotopic (exact) mass is 365 g/mol. The van der Waals surface area contributed by atoms with Crippen LogP contribution in [0, 0.1) is 0 Å². The van der Waals surface area contributed by atoms with Gasteiger partial charge >= 0.3 is 5.97 Å². The Labute approximate surface area is 154 Å². The van der Waals surface area contributed by atoms with Crippen LogP contribution in [-0.2, 0) is 0 Å². The number of carboxylic acids is 1. The molecule has 1 N–H and O–H groups in total. The van der Waals surface area contributed by atoms with E-state index < -0.39 is 11.8 Å². The SMILES string of the molecule is COc1cc(OC)nc(C(=O)c2nccc(-c3ccccc3)c2C(=O)O)n1. The normalized spacial score (nSPS) is 10.3. The van der Waals surface area contributed by atoms with Gasteiger partial charge in [-0.3, -0.25) is 9.78 Å². The molecule has 0 saturated heterocycles. The number of carbonyl (C=O) groups excluding carboxylic acids is 1. The lowest BCUT2D eigenvalue weighted by molar-refractivity contribution is 0.0692. The van der Waals surface area contributed by atoms with Crippen molar-refractivity contribution in [3.05, 3.63) is 65.7 Å². The molecule has 8 heteroatoms. The highest BCUT2D eigenvalue weighted by Gasteiger charge is 2.26. The summed E-state index contributed by atoms with van der Waals surface area (Å²) in [7, 11) is 2.76. The quantitative estimate of drug-likeness (QED) is 0.663. The first-order valence-corrected chi connectivity index (χ1v) is 7.84. The van der Waals surface area contributed by atoms with Crippen molar-refractivity contribution >= 4 is 11.8 Å². The number of methoxy groups -OCH3 is 2. The lowest BCUT2D eigenvalue weighted by Crippen LogP contribution is -2.16. The molecule has 2 heterocycles. The summed E-state index contributed by atoms with van der Waals surface area (Å²) in [5.74, 6) is -2.07. The summed E-state index contributed by atoms with van der Waals surface area (Å²) < 4.78 is 10.1. The van der Waals surface area contributed by atoms with Crippen LogP contribution >= 0.6 is 0 Å². The Morgan fingerprint density at radius 3 is 2.15 bits per heavy atom. The number of ketones is 1. The van der Waals surface area contributed by atoms with Gasteiger partial charge in [-0.25, -0.2) is 4.79 Å². The second-order valence-corrected chi connectivity index (χ2v) is 5.36. The van der Waals surface area contributed by atoms with Crippen molar-refractivity contribution in [2.45, 2.75) is 0 Å². The smallest absolute Gasteiger partial charge is 0.338 e. The van der Waals surface area contributed by atoms with Gasteiger partial charge in [0.05, 0.1) is 25.8 Å². The molecular weight excluding hydrogens is 350 g/mol. The number of aromatic carboxylic acids is 1. The van der Waals surface area contributed by atoms with Crippen molar-refractivity contribution in [2.24, 2.45) is 0 Å². The number of nitrogens with zero attached hydrogens (tertiary/aromatic N) is 3. The van der Waals surface area contributed by atoms with Gasteiger partial charge in [0.1, 0.15) is 5.69 Å². The maximum Gasteiger partial charge on any atom is 0.338 e. The van der Waals surface area contributed by atoms with Crippen LogP contribution in [0.2, 0.25) is 0 Å². The van der Waals surface area contributed by atoms with Crippen LogP contribution in [0.3, 0.4) is 0 Å². The van der Waals surface area contributed by atoms with E-state index in [1.165, 1.54) is 26.5 Å². The predicted molar refractivity (Wildman–Crippen MR) is 95.2 cm³/mol. The molecule has 0 amide bonds. The average Bonchev–Trinajstić information content (AvgIpc) is 2.72. The number of benzene rings is 1. The van der Waals surface area contributed by atoms with Gasteiger partial charge < -0.3 is 14.6 Å². The van der Waals surface area contributed by atoms with Gasteiger partial charge in [-0.1, -0.05) is 30.3 Å². The van der Waals surface area contributed by atoms with Crippen molar-refractivity contribution in [1.29, 1.82) is 0 Å². The highest BCUT2D eigenvalue weighted by Crippen LogP contribution is 2.27. The molecule has 3 rings (SSSR count). The van der Waals surface area contributed by atoms with Crippen LogP contribution in [0.5, 0.6) is 11.8 Å². The molecule has 0 atom stereocenters. The van der Waals surface area contributed by atoms with Crippen LogP contribution in [0.1, 0.15) is 26.7 Å². The number of aromatic nitrogens is 3. The predicted octanol–water partition coefficient (Wildman–Crippen LogP) is 2.49. The van der Waals surface area contributed by atoms with Gasteiger partial charge in [-0.15, -0.1) is 0 Å². The number of carbonyl (C=O) groups is 2. The zero-order valence-corrected chi connectivity index (χ0v) is 14.5. The Morgan fingerprint density at radius 1 is 0.963 bits per heavy atom. The molecule has 8 nitrogen and oxygen atoms in total. The van der Waals surface area contributed by atoms with Crippen LogP contribution < -0.4 is 9.47 Å². The third-order valence-electron chi connectivity index (χ3n) is 3.77. The highest BCUT2D eigenvalue weighted by atomic mass is 16.5. The van der Waals surface area contributed by atoms with Crippen LogP contribution in [0.25, 0.3) is 11.1 Å². The van der Waals surface area contributed by atoms with Gasteiger partial charge in [0.15, 0.2) is 0 Å². The lowest BCUT2D eigenvalue weighted by atomic mass is 9.97. The summed E-state index contributed by atoms with van der Waals surface area (Å²) in [5.41, 5.74) is 0.532. The van der Waals surface area contributed by atoms with Crippen molar-refractivity contribution in [3.63, 3.8) is 0 Å². The molecule has 136 valence electrons. The van der Waals surface area contributed by atoms with E-state index in [-0.39, 0.29) is 28.8 Å². The summed E-state index contributed by atoms with van der Waals surface area (Å²) in [4.78, 5) is 36.8. The maximum atomic E-state index is 12.9. The lowest BCUT2D eigenvalue weighted by Gasteiger charge is -2.10. The molecule has 0 radical (unpaired) electrons. The maximum absolute atomic E-state index is 12.9. The summed E-state index contributed by atoms with van der Waals surface area (Å²) >= 11 is 0. The summed E-state index contributed by atoms with van der Waals surface area (Å²) in [6, 6.07) is 11.8. The van der Waals surface area contributed by atoms with E-state index in [0.29, 0.717) is 11.1 Å². The number of carboxylic acid groups (broad SMARTS) is 1. The van der Waals surface area contributed by atoms with E-state index in [0.717, 1.165) is 0 Å². The first kappa shape index (κ1) is 18.0.